The monoisotopic (exact) mass is 322 g/mol. The molecule has 0 unspecified atom stereocenters. The molecule has 0 atom stereocenters. The molecule has 0 aliphatic carbocycles. The number of aromatic amines is 1. The first kappa shape index (κ1) is 15.7. The van der Waals surface area contributed by atoms with Crippen LogP contribution in [-0.4, -0.2) is 17.8 Å². The van der Waals surface area contributed by atoms with E-state index in [2.05, 4.69) is 38.6 Å². The number of benzene rings is 1. The van der Waals surface area contributed by atoms with Gasteiger partial charge in [-0.1, -0.05) is 17.3 Å². The van der Waals surface area contributed by atoms with Gasteiger partial charge in [0.25, 0.3) is 5.82 Å². The third-order valence-electron chi connectivity index (χ3n) is 3.73. The van der Waals surface area contributed by atoms with E-state index < -0.39 is 0 Å². The van der Waals surface area contributed by atoms with E-state index >= 15 is 0 Å². The van der Waals surface area contributed by atoms with Gasteiger partial charge in [-0.25, -0.2) is 4.98 Å². The van der Waals surface area contributed by atoms with Gasteiger partial charge in [0.15, 0.2) is 0 Å². The summed E-state index contributed by atoms with van der Waals surface area (Å²) in [7, 11) is 1.52. The van der Waals surface area contributed by atoms with Gasteiger partial charge in [-0.2, -0.15) is 0 Å². The summed E-state index contributed by atoms with van der Waals surface area (Å²) in [6.07, 6.45) is 1.80. The lowest BCUT2D eigenvalue weighted by molar-refractivity contribution is -0.362. The molecule has 0 bridgehead atoms. The predicted molar refractivity (Wildman–Crippen MR) is 95.7 cm³/mol. The van der Waals surface area contributed by atoms with Crippen LogP contribution in [-0.2, 0) is 11.4 Å². The van der Waals surface area contributed by atoms with Crippen molar-refractivity contribution in [3.05, 3.63) is 59.9 Å². The molecule has 0 spiro atoms. The molecule has 0 saturated carbocycles. The van der Waals surface area contributed by atoms with Crippen LogP contribution in [0, 0.1) is 0 Å². The van der Waals surface area contributed by atoms with Crippen LogP contribution in [0.2, 0.25) is 0 Å². The standard InChI is InChI=1S/C18H19N5O/c1-12(23-24-2)16-8-6-15(19)18(22-16)21-11-13-5-7-17-14(10-13)4-3-9-20-17/h3-10H,11,19H2,1-2H3,(H,21,22)/p+1. The molecule has 6 heteroatoms. The van der Waals surface area contributed by atoms with Crippen molar-refractivity contribution in [3.63, 3.8) is 0 Å². The molecule has 0 aliphatic rings. The van der Waals surface area contributed by atoms with Crippen molar-refractivity contribution in [2.45, 2.75) is 13.5 Å². The highest BCUT2D eigenvalue weighted by molar-refractivity contribution is 5.95. The maximum Gasteiger partial charge on any atom is 0.296 e. The van der Waals surface area contributed by atoms with Crippen LogP contribution in [0.15, 0.2) is 53.8 Å². The minimum absolute atomic E-state index is 0.645. The van der Waals surface area contributed by atoms with Gasteiger partial charge in [0.2, 0.25) is 0 Å². The quantitative estimate of drug-likeness (QED) is 0.558. The Hall–Kier alpha value is -3.15. The molecule has 3 aromatic rings. The number of nitrogen functional groups attached to an aromatic ring is 1. The second kappa shape index (κ2) is 6.95. The summed E-state index contributed by atoms with van der Waals surface area (Å²) in [5, 5.41) is 8.38. The fourth-order valence-corrected chi connectivity index (χ4v) is 2.47. The van der Waals surface area contributed by atoms with Crippen LogP contribution in [0.5, 0.6) is 0 Å². The zero-order valence-corrected chi connectivity index (χ0v) is 13.7. The number of pyridine rings is 2. The van der Waals surface area contributed by atoms with E-state index in [1.54, 1.807) is 6.20 Å². The Bertz CT molecular complexity index is 891. The zero-order chi connectivity index (χ0) is 16.9. The number of fused-ring (bicyclic) bond motifs is 1. The minimum atomic E-state index is 0.645. The van der Waals surface area contributed by atoms with Crippen LogP contribution >= 0.6 is 0 Å². The normalized spacial score (nSPS) is 11.5. The van der Waals surface area contributed by atoms with E-state index in [4.69, 9.17) is 10.6 Å². The Morgan fingerprint density at radius 3 is 3.00 bits per heavy atom. The predicted octanol–water partition coefficient (Wildman–Crippen LogP) is 2.61. The number of hydrogen-bond donors (Lipinski definition) is 2. The zero-order valence-electron chi connectivity index (χ0n) is 13.7. The van der Waals surface area contributed by atoms with Gasteiger partial charge >= 0.3 is 0 Å². The summed E-state index contributed by atoms with van der Waals surface area (Å²) in [6, 6.07) is 13.9. The van der Waals surface area contributed by atoms with E-state index in [-0.39, 0.29) is 0 Å². The molecule has 0 radical (unpaired) electrons. The summed E-state index contributed by atoms with van der Waals surface area (Å²) in [6.45, 7) is 2.51. The number of oxime groups is 1. The summed E-state index contributed by atoms with van der Waals surface area (Å²) in [5.41, 5.74) is 10.4. The maximum absolute atomic E-state index is 6.04. The van der Waals surface area contributed by atoms with Crippen LogP contribution in [0.3, 0.4) is 0 Å². The Morgan fingerprint density at radius 1 is 1.29 bits per heavy atom. The summed E-state index contributed by atoms with van der Waals surface area (Å²) >= 11 is 0. The summed E-state index contributed by atoms with van der Waals surface area (Å²) < 4.78 is 0. The smallest absolute Gasteiger partial charge is 0.296 e. The molecule has 0 aliphatic heterocycles. The van der Waals surface area contributed by atoms with Crippen molar-refractivity contribution in [2.75, 3.05) is 18.2 Å². The van der Waals surface area contributed by atoms with Gasteiger partial charge in [-0.3, -0.25) is 10.3 Å². The molecule has 0 saturated heterocycles. The minimum Gasteiger partial charge on any atom is -0.399 e. The van der Waals surface area contributed by atoms with Gasteiger partial charge in [-0.15, -0.1) is 0 Å². The average molecular weight is 322 g/mol. The van der Waals surface area contributed by atoms with E-state index in [9.17, 15) is 0 Å². The summed E-state index contributed by atoms with van der Waals surface area (Å²) in [5.74, 6) is 0.754. The van der Waals surface area contributed by atoms with E-state index in [1.165, 1.54) is 7.11 Å². The van der Waals surface area contributed by atoms with Crippen molar-refractivity contribution in [2.24, 2.45) is 5.16 Å². The lowest BCUT2D eigenvalue weighted by Gasteiger charge is -2.05. The SMILES string of the molecule is CON=C(C)c1ccc(N)c(NCc2ccc3ncccc3c2)[nH+]1. The average Bonchev–Trinajstić information content (AvgIpc) is 2.61. The Kier molecular flexibility index (Phi) is 4.56. The van der Waals surface area contributed by atoms with Crippen molar-refractivity contribution < 1.29 is 9.82 Å². The molecule has 0 fully saturated rings. The third-order valence-corrected chi connectivity index (χ3v) is 3.73. The van der Waals surface area contributed by atoms with E-state index in [0.29, 0.717) is 12.2 Å². The van der Waals surface area contributed by atoms with Gasteiger partial charge in [0, 0.05) is 11.6 Å². The molecule has 6 nitrogen and oxygen atoms in total. The molecule has 122 valence electrons. The van der Waals surface area contributed by atoms with E-state index in [0.717, 1.165) is 33.7 Å². The Labute approximate surface area is 140 Å². The Balaban J connectivity index is 1.80. The van der Waals surface area contributed by atoms with Crippen LogP contribution < -0.4 is 16.0 Å². The molecular formula is C18H20N5O+. The van der Waals surface area contributed by atoms with Crippen LogP contribution in [0.1, 0.15) is 18.2 Å². The lowest BCUT2D eigenvalue weighted by Crippen LogP contribution is -2.22. The molecule has 0 amide bonds. The summed E-state index contributed by atoms with van der Waals surface area (Å²) in [4.78, 5) is 12.4. The third kappa shape index (κ3) is 3.43. The van der Waals surface area contributed by atoms with Crippen molar-refractivity contribution >= 4 is 28.1 Å². The van der Waals surface area contributed by atoms with Crippen LogP contribution in [0.25, 0.3) is 10.9 Å². The highest BCUT2D eigenvalue weighted by atomic mass is 16.6. The highest BCUT2D eigenvalue weighted by Gasteiger charge is 2.12. The molecule has 2 aromatic heterocycles. The molecule has 2 heterocycles. The van der Waals surface area contributed by atoms with Crippen molar-refractivity contribution in [3.8, 4) is 0 Å². The lowest BCUT2D eigenvalue weighted by atomic mass is 10.1. The molecular weight excluding hydrogens is 302 g/mol. The number of H-pyrrole nitrogens is 1. The van der Waals surface area contributed by atoms with E-state index in [1.807, 2.05) is 31.2 Å². The molecule has 4 N–H and O–H groups in total. The number of aromatic nitrogens is 2. The molecule has 1 aromatic carbocycles. The maximum atomic E-state index is 6.04. The van der Waals surface area contributed by atoms with Crippen molar-refractivity contribution in [1.82, 2.24) is 4.98 Å². The fraction of sp³-hybridized carbons (Fsp3) is 0.167. The highest BCUT2D eigenvalue weighted by Crippen LogP contribution is 2.16. The topological polar surface area (TPSA) is 86.7 Å². The second-order valence-electron chi connectivity index (χ2n) is 5.45. The Morgan fingerprint density at radius 2 is 2.17 bits per heavy atom. The van der Waals surface area contributed by atoms with Gasteiger partial charge < -0.3 is 10.6 Å². The van der Waals surface area contributed by atoms with Gasteiger partial charge in [0.05, 0.1) is 5.52 Å². The second-order valence-corrected chi connectivity index (χ2v) is 5.45. The number of nitrogens with zero attached hydrogens (tertiary/aromatic N) is 2. The van der Waals surface area contributed by atoms with Crippen LogP contribution in [0.4, 0.5) is 11.5 Å². The number of hydrogen-bond acceptors (Lipinski definition) is 5. The molecule has 3 rings (SSSR count). The van der Waals surface area contributed by atoms with Gasteiger partial charge in [0.1, 0.15) is 30.7 Å². The number of nitrogens with one attached hydrogen (secondary N) is 2. The first-order chi connectivity index (χ1) is 11.7. The first-order valence-corrected chi connectivity index (χ1v) is 7.65. The number of nitrogens with two attached hydrogens (primary N) is 1. The number of rotatable bonds is 5. The number of anilines is 2. The fourth-order valence-electron chi connectivity index (χ4n) is 2.47. The van der Waals surface area contributed by atoms with Gasteiger partial charge in [-0.05, 0) is 42.8 Å². The van der Waals surface area contributed by atoms with Crippen molar-refractivity contribution in [1.29, 1.82) is 0 Å². The largest absolute Gasteiger partial charge is 0.399 e. The first-order valence-electron chi connectivity index (χ1n) is 7.65. The molecule has 24 heavy (non-hydrogen) atoms.